The molecule has 0 saturated carbocycles. The highest BCUT2D eigenvalue weighted by Gasteiger charge is 2.09. The number of thiophene rings is 1. The molecular formula is C15H17N3O4S2. The molecule has 0 aliphatic rings. The minimum absolute atomic E-state index is 0.0185. The van der Waals surface area contributed by atoms with Gasteiger partial charge in [0, 0.05) is 22.3 Å². The van der Waals surface area contributed by atoms with E-state index < -0.39 is 10.0 Å². The molecule has 2 rings (SSSR count). The highest BCUT2D eigenvalue weighted by Crippen LogP contribution is 2.14. The Balaban J connectivity index is 1.84. The molecule has 1 aromatic carbocycles. The van der Waals surface area contributed by atoms with Crippen molar-refractivity contribution in [2.24, 2.45) is 0 Å². The fourth-order valence-electron chi connectivity index (χ4n) is 1.73. The molecule has 0 radical (unpaired) electrons. The van der Waals surface area contributed by atoms with Gasteiger partial charge in [-0.3, -0.25) is 14.3 Å². The first kappa shape index (κ1) is 18.0. The average Bonchev–Trinajstić information content (AvgIpc) is 3.09. The molecule has 0 aliphatic heterocycles. The second-order valence-electron chi connectivity index (χ2n) is 4.83. The maximum absolute atomic E-state index is 11.8. The molecule has 24 heavy (non-hydrogen) atoms. The Kier molecular flexibility index (Phi) is 5.93. The number of hydrogen-bond donors (Lipinski definition) is 3. The number of anilines is 2. The Morgan fingerprint density at radius 2 is 1.75 bits per heavy atom. The van der Waals surface area contributed by atoms with Crippen molar-refractivity contribution in [1.82, 2.24) is 5.32 Å². The van der Waals surface area contributed by atoms with Gasteiger partial charge in [-0.05, 0) is 42.6 Å². The largest absolute Gasteiger partial charge is 0.343 e. The van der Waals surface area contributed by atoms with E-state index in [1.165, 1.54) is 11.3 Å². The quantitative estimate of drug-likeness (QED) is 0.695. The van der Waals surface area contributed by atoms with Crippen molar-refractivity contribution in [3.8, 4) is 0 Å². The predicted octanol–water partition coefficient (Wildman–Crippen LogP) is 1.88. The standard InChI is InChI=1S/C15H17N3O4S2/c1-2-24(21,22)18-13-5-3-12(4-6-13)17-14(19)9-16-15(20)11-7-8-23-10-11/h3-8,10,18H,2,9H2,1H3,(H,16,20)(H,17,19). The third kappa shape index (κ3) is 5.36. The molecule has 3 N–H and O–H groups in total. The van der Waals surface area contributed by atoms with Crippen LogP contribution in [0, 0.1) is 0 Å². The van der Waals surface area contributed by atoms with Crippen molar-refractivity contribution in [2.45, 2.75) is 6.92 Å². The molecule has 1 aromatic heterocycles. The Hall–Kier alpha value is -2.39. The lowest BCUT2D eigenvalue weighted by atomic mass is 10.3. The molecule has 0 bridgehead atoms. The molecule has 0 fully saturated rings. The minimum Gasteiger partial charge on any atom is -0.343 e. The van der Waals surface area contributed by atoms with Gasteiger partial charge in [-0.2, -0.15) is 11.3 Å². The highest BCUT2D eigenvalue weighted by atomic mass is 32.2. The topological polar surface area (TPSA) is 104 Å². The molecule has 0 saturated heterocycles. The Morgan fingerprint density at radius 1 is 1.08 bits per heavy atom. The van der Waals surface area contributed by atoms with Crippen molar-refractivity contribution in [2.75, 3.05) is 22.3 Å². The van der Waals surface area contributed by atoms with Crippen LogP contribution in [0.2, 0.25) is 0 Å². The first-order valence-corrected chi connectivity index (χ1v) is 9.70. The molecule has 7 nitrogen and oxygen atoms in total. The zero-order valence-corrected chi connectivity index (χ0v) is 14.5. The Bertz CT molecular complexity index is 800. The normalized spacial score (nSPS) is 10.9. The van der Waals surface area contributed by atoms with Crippen LogP contribution in [0.25, 0.3) is 0 Å². The molecule has 1 heterocycles. The van der Waals surface area contributed by atoms with Crippen LogP contribution in [-0.4, -0.2) is 32.5 Å². The number of amides is 2. The summed E-state index contributed by atoms with van der Waals surface area (Å²) in [7, 11) is -3.33. The van der Waals surface area contributed by atoms with Crippen LogP contribution in [-0.2, 0) is 14.8 Å². The summed E-state index contributed by atoms with van der Waals surface area (Å²) < 4.78 is 25.3. The second kappa shape index (κ2) is 7.93. The van der Waals surface area contributed by atoms with Crippen LogP contribution < -0.4 is 15.4 Å². The number of carbonyl (C=O) groups excluding carboxylic acids is 2. The third-order valence-electron chi connectivity index (χ3n) is 3.01. The fraction of sp³-hybridized carbons (Fsp3) is 0.200. The first-order chi connectivity index (χ1) is 11.4. The fourth-order valence-corrected chi connectivity index (χ4v) is 3.01. The van der Waals surface area contributed by atoms with Gasteiger partial charge in [0.2, 0.25) is 15.9 Å². The van der Waals surface area contributed by atoms with Crippen LogP contribution >= 0.6 is 11.3 Å². The second-order valence-corrected chi connectivity index (χ2v) is 7.62. The lowest BCUT2D eigenvalue weighted by Crippen LogP contribution is -2.32. The van der Waals surface area contributed by atoms with Crippen LogP contribution in [0.4, 0.5) is 11.4 Å². The third-order valence-corrected chi connectivity index (χ3v) is 5.00. The zero-order valence-electron chi connectivity index (χ0n) is 12.9. The number of nitrogens with one attached hydrogen (secondary N) is 3. The van der Waals surface area contributed by atoms with Gasteiger partial charge in [-0.15, -0.1) is 0 Å². The lowest BCUT2D eigenvalue weighted by molar-refractivity contribution is -0.115. The van der Waals surface area contributed by atoms with Crippen molar-refractivity contribution < 1.29 is 18.0 Å². The van der Waals surface area contributed by atoms with E-state index in [-0.39, 0.29) is 24.1 Å². The summed E-state index contributed by atoms with van der Waals surface area (Å²) in [4.78, 5) is 23.5. The number of rotatable bonds is 7. The van der Waals surface area contributed by atoms with Gasteiger partial charge in [0.15, 0.2) is 0 Å². The Morgan fingerprint density at radius 3 is 2.33 bits per heavy atom. The van der Waals surface area contributed by atoms with E-state index in [1.54, 1.807) is 48.0 Å². The smallest absolute Gasteiger partial charge is 0.252 e. The first-order valence-electron chi connectivity index (χ1n) is 7.10. The number of benzene rings is 1. The predicted molar refractivity (Wildman–Crippen MR) is 94.8 cm³/mol. The minimum atomic E-state index is -3.33. The Labute approximate surface area is 144 Å². The summed E-state index contributed by atoms with van der Waals surface area (Å²) in [5.74, 6) is -0.703. The molecule has 0 aliphatic carbocycles. The van der Waals surface area contributed by atoms with E-state index in [4.69, 9.17) is 0 Å². The average molecular weight is 367 g/mol. The van der Waals surface area contributed by atoms with E-state index in [9.17, 15) is 18.0 Å². The zero-order chi connectivity index (χ0) is 17.6. The number of hydrogen-bond acceptors (Lipinski definition) is 5. The molecule has 128 valence electrons. The van der Waals surface area contributed by atoms with E-state index in [2.05, 4.69) is 15.4 Å². The summed E-state index contributed by atoms with van der Waals surface area (Å²) in [5.41, 5.74) is 1.44. The van der Waals surface area contributed by atoms with Gasteiger partial charge in [0.05, 0.1) is 12.3 Å². The molecule has 0 spiro atoms. The van der Waals surface area contributed by atoms with E-state index in [1.807, 2.05) is 0 Å². The van der Waals surface area contributed by atoms with Crippen LogP contribution in [0.5, 0.6) is 0 Å². The number of carbonyl (C=O) groups is 2. The number of sulfonamides is 1. The van der Waals surface area contributed by atoms with Gasteiger partial charge in [0.25, 0.3) is 5.91 Å². The van der Waals surface area contributed by atoms with Gasteiger partial charge < -0.3 is 10.6 Å². The summed E-state index contributed by atoms with van der Waals surface area (Å²) >= 11 is 1.40. The lowest BCUT2D eigenvalue weighted by Gasteiger charge is -2.09. The maximum Gasteiger partial charge on any atom is 0.252 e. The van der Waals surface area contributed by atoms with Gasteiger partial charge in [0.1, 0.15) is 0 Å². The van der Waals surface area contributed by atoms with Gasteiger partial charge in [-0.1, -0.05) is 0 Å². The van der Waals surface area contributed by atoms with E-state index in [0.29, 0.717) is 16.9 Å². The molecule has 9 heteroatoms. The van der Waals surface area contributed by atoms with Crippen molar-refractivity contribution >= 4 is 44.5 Å². The van der Waals surface area contributed by atoms with Crippen LogP contribution in [0.15, 0.2) is 41.1 Å². The van der Waals surface area contributed by atoms with E-state index in [0.717, 1.165) is 0 Å². The molecule has 2 aromatic rings. The maximum atomic E-state index is 11.8. The van der Waals surface area contributed by atoms with Crippen molar-refractivity contribution in [3.05, 3.63) is 46.7 Å². The summed E-state index contributed by atoms with van der Waals surface area (Å²) in [6.45, 7) is 1.39. The van der Waals surface area contributed by atoms with Crippen molar-refractivity contribution in [3.63, 3.8) is 0 Å². The SMILES string of the molecule is CCS(=O)(=O)Nc1ccc(NC(=O)CNC(=O)c2ccsc2)cc1. The van der Waals surface area contributed by atoms with Crippen LogP contribution in [0.3, 0.4) is 0 Å². The van der Waals surface area contributed by atoms with Crippen LogP contribution in [0.1, 0.15) is 17.3 Å². The van der Waals surface area contributed by atoms with Crippen molar-refractivity contribution in [1.29, 1.82) is 0 Å². The monoisotopic (exact) mass is 367 g/mol. The van der Waals surface area contributed by atoms with Gasteiger partial charge in [-0.25, -0.2) is 8.42 Å². The summed E-state index contributed by atoms with van der Waals surface area (Å²) in [5, 5.41) is 8.62. The highest BCUT2D eigenvalue weighted by molar-refractivity contribution is 7.92. The molecule has 2 amide bonds. The molecule has 0 atom stereocenters. The summed E-state index contributed by atoms with van der Waals surface area (Å²) in [6.07, 6.45) is 0. The van der Waals surface area contributed by atoms with E-state index >= 15 is 0 Å². The summed E-state index contributed by atoms with van der Waals surface area (Å²) in [6, 6.07) is 7.92. The van der Waals surface area contributed by atoms with Gasteiger partial charge >= 0.3 is 0 Å². The molecular weight excluding hydrogens is 350 g/mol. The molecule has 0 unspecified atom stereocenters.